The summed E-state index contributed by atoms with van der Waals surface area (Å²) in [5, 5.41) is 3.27. The molecule has 0 aliphatic rings. The number of thioether (sulfide) groups is 1. The molecule has 1 N–H and O–H groups in total. The minimum absolute atomic E-state index is 0.120. The third kappa shape index (κ3) is 5.17. The van der Waals surface area contributed by atoms with Gasteiger partial charge in [-0.25, -0.2) is 0 Å². The van der Waals surface area contributed by atoms with Crippen LogP contribution in [0.15, 0.2) is 29.2 Å². The number of esters is 1. The van der Waals surface area contributed by atoms with Gasteiger partial charge < -0.3 is 10.1 Å². The first-order valence-corrected chi connectivity index (χ1v) is 8.16. The fourth-order valence-electron chi connectivity index (χ4n) is 1.98. The van der Waals surface area contributed by atoms with Crippen LogP contribution in [0.2, 0.25) is 0 Å². The van der Waals surface area contributed by atoms with E-state index in [9.17, 15) is 4.79 Å². The number of nitrogens with one attached hydrogen (secondary N) is 1. The number of rotatable bonds is 8. The molecular formula is C16H25NO2S. The average Bonchev–Trinajstić information content (AvgIpc) is 2.45. The summed E-state index contributed by atoms with van der Waals surface area (Å²) in [6.45, 7) is 9.49. The predicted octanol–water partition coefficient (Wildman–Crippen LogP) is 3.79. The lowest BCUT2D eigenvalue weighted by molar-refractivity contribution is -0.142. The average molecular weight is 295 g/mol. The molecule has 0 heterocycles. The molecule has 0 aliphatic heterocycles. The topological polar surface area (TPSA) is 38.3 Å². The van der Waals surface area contributed by atoms with Gasteiger partial charge in [0.05, 0.1) is 6.61 Å². The van der Waals surface area contributed by atoms with Gasteiger partial charge in [-0.2, -0.15) is 0 Å². The monoisotopic (exact) mass is 295 g/mol. The van der Waals surface area contributed by atoms with Crippen molar-refractivity contribution in [1.29, 1.82) is 0 Å². The largest absolute Gasteiger partial charge is 0.465 e. The lowest BCUT2D eigenvalue weighted by atomic mass is 10.1. The second kappa shape index (κ2) is 9.03. The van der Waals surface area contributed by atoms with E-state index in [1.54, 1.807) is 11.8 Å². The van der Waals surface area contributed by atoms with E-state index in [4.69, 9.17) is 4.74 Å². The van der Waals surface area contributed by atoms with Crippen LogP contribution in [0.25, 0.3) is 0 Å². The molecule has 0 saturated carbocycles. The quantitative estimate of drug-likeness (QED) is 0.585. The van der Waals surface area contributed by atoms with E-state index < -0.39 is 0 Å². The first-order valence-electron chi connectivity index (χ1n) is 7.28. The molecule has 4 heteroatoms. The Bertz CT molecular complexity index is 423. The summed E-state index contributed by atoms with van der Waals surface area (Å²) in [4.78, 5) is 13.0. The van der Waals surface area contributed by atoms with Gasteiger partial charge in [0, 0.05) is 10.9 Å². The molecule has 0 saturated heterocycles. The molecule has 0 amide bonds. The Morgan fingerprint density at radius 2 is 2.10 bits per heavy atom. The molecule has 1 aromatic carbocycles. The van der Waals surface area contributed by atoms with Crippen LogP contribution in [0.5, 0.6) is 0 Å². The number of ether oxygens (including phenoxy) is 1. The van der Waals surface area contributed by atoms with Crippen molar-refractivity contribution in [2.24, 2.45) is 0 Å². The molecule has 3 nitrogen and oxygen atoms in total. The van der Waals surface area contributed by atoms with Crippen LogP contribution in [0.3, 0.4) is 0 Å². The van der Waals surface area contributed by atoms with Gasteiger partial charge in [-0.1, -0.05) is 26.0 Å². The standard InChI is InChI=1S/C16H25NO2S/c1-5-15(16(18)19-7-3)20-14-10-8-9-13(11-14)12(4)17-6-2/h8-12,15,17H,5-7H2,1-4H3. The molecule has 0 bridgehead atoms. The molecule has 2 unspecified atom stereocenters. The second-order valence-corrected chi connectivity index (χ2v) is 5.89. The Morgan fingerprint density at radius 3 is 2.70 bits per heavy atom. The van der Waals surface area contributed by atoms with Crippen LogP contribution in [0, 0.1) is 0 Å². The molecule has 0 spiro atoms. The summed E-state index contributed by atoms with van der Waals surface area (Å²) >= 11 is 1.58. The van der Waals surface area contributed by atoms with Crippen LogP contribution in [-0.2, 0) is 9.53 Å². The van der Waals surface area contributed by atoms with Crippen molar-refractivity contribution in [3.8, 4) is 0 Å². The molecular weight excluding hydrogens is 270 g/mol. The molecule has 0 fully saturated rings. The Hall–Kier alpha value is -1.00. The van der Waals surface area contributed by atoms with Crippen molar-refractivity contribution in [2.75, 3.05) is 13.2 Å². The number of carbonyl (C=O) groups excluding carboxylic acids is 1. The minimum atomic E-state index is -0.125. The Balaban J connectivity index is 2.76. The van der Waals surface area contributed by atoms with Crippen LogP contribution in [0.4, 0.5) is 0 Å². The molecule has 0 aromatic heterocycles. The number of hydrogen-bond acceptors (Lipinski definition) is 4. The van der Waals surface area contributed by atoms with Gasteiger partial charge in [0.2, 0.25) is 0 Å². The molecule has 20 heavy (non-hydrogen) atoms. The smallest absolute Gasteiger partial charge is 0.319 e. The summed E-state index contributed by atoms with van der Waals surface area (Å²) in [5.41, 5.74) is 1.25. The summed E-state index contributed by atoms with van der Waals surface area (Å²) < 4.78 is 5.11. The predicted molar refractivity (Wildman–Crippen MR) is 85.1 cm³/mol. The van der Waals surface area contributed by atoms with Crippen molar-refractivity contribution in [1.82, 2.24) is 5.32 Å². The zero-order chi connectivity index (χ0) is 15.0. The Kier molecular flexibility index (Phi) is 7.70. The van der Waals surface area contributed by atoms with E-state index in [2.05, 4.69) is 37.4 Å². The molecule has 0 radical (unpaired) electrons. The number of hydrogen-bond donors (Lipinski definition) is 1. The molecule has 112 valence electrons. The van der Waals surface area contributed by atoms with Gasteiger partial charge in [-0.05, 0) is 44.5 Å². The van der Waals surface area contributed by atoms with Gasteiger partial charge >= 0.3 is 5.97 Å². The first kappa shape index (κ1) is 17.1. The first-order chi connectivity index (χ1) is 9.62. The van der Waals surface area contributed by atoms with Crippen LogP contribution in [0.1, 0.15) is 45.7 Å². The maximum atomic E-state index is 11.8. The lowest BCUT2D eigenvalue weighted by Crippen LogP contribution is -2.19. The van der Waals surface area contributed by atoms with E-state index in [-0.39, 0.29) is 11.2 Å². The number of carbonyl (C=O) groups is 1. The molecule has 1 aromatic rings. The van der Waals surface area contributed by atoms with Crippen molar-refractivity contribution in [2.45, 2.75) is 50.3 Å². The third-order valence-electron chi connectivity index (χ3n) is 3.07. The van der Waals surface area contributed by atoms with E-state index in [1.807, 2.05) is 19.9 Å². The lowest BCUT2D eigenvalue weighted by Gasteiger charge is -2.16. The van der Waals surface area contributed by atoms with Gasteiger partial charge in [-0.15, -0.1) is 11.8 Å². The highest BCUT2D eigenvalue weighted by Gasteiger charge is 2.19. The Labute approximate surface area is 126 Å². The van der Waals surface area contributed by atoms with Crippen molar-refractivity contribution < 1.29 is 9.53 Å². The normalized spacial score (nSPS) is 13.8. The zero-order valence-corrected chi connectivity index (χ0v) is 13.6. The summed E-state index contributed by atoms with van der Waals surface area (Å²) in [6.07, 6.45) is 0.774. The van der Waals surface area contributed by atoms with Crippen molar-refractivity contribution >= 4 is 17.7 Å². The highest BCUT2D eigenvalue weighted by atomic mass is 32.2. The van der Waals surface area contributed by atoms with Crippen LogP contribution < -0.4 is 5.32 Å². The number of benzene rings is 1. The fraction of sp³-hybridized carbons (Fsp3) is 0.562. The van der Waals surface area contributed by atoms with E-state index >= 15 is 0 Å². The Morgan fingerprint density at radius 1 is 1.35 bits per heavy atom. The maximum absolute atomic E-state index is 11.8. The van der Waals surface area contributed by atoms with Crippen molar-refractivity contribution in [3.05, 3.63) is 29.8 Å². The second-order valence-electron chi connectivity index (χ2n) is 4.62. The maximum Gasteiger partial charge on any atom is 0.319 e. The molecule has 1 rings (SSSR count). The van der Waals surface area contributed by atoms with Crippen LogP contribution >= 0.6 is 11.8 Å². The highest BCUT2D eigenvalue weighted by molar-refractivity contribution is 8.00. The van der Waals surface area contributed by atoms with E-state index in [1.165, 1.54) is 5.56 Å². The van der Waals surface area contributed by atoms with Gasteiger partial charge in [0.1, 0.15) is 5.25 Å². The van der Waals surface area contributed by atoms with Gasteiger partial charge in [0.15, 0.2) is 0 Å². The molecule has 2 atom stereocenters. The summed E-state index contributed by atoms with van der Waals surface area (Å²) in [7, 11) is 0. The fourth-order valence-corrected chi connectivity index (χ4v) is 3.00. The minimum Gasteiger partial charge on any atom is -0.465 e. The van der Waals surface area contributed by atoms with E-state index in [0.717, 1.165) is 17.9 Å². The third-order valence-corrected chi connectivity index (χ3v) is 4.40. The van der Waals surface area contributed by atoms with Crippen molar-refractivity contribution in [3.63, 3.8) is 0 Å². The van der Waals surface area contributed by atoms with Crippen LogP contribution in [-0.4, -0.2) is 24.4 Å². The SMILES string of the molecule is CCNC(C)c1cccc(SC(CC)C(=O)OCC)c1. The van der Waals surface area contributed by atoms with E-state index in [0.29, 0.717) is 12.6 Å². The van der Waals surface area contributed by atoms with Gasteiger partial charge in [0.25, 0.3) is 0 Å². The summed E-state index contributed by atoms with van der Waals surface area (Å²) in [5.74, 6) is -0.120. The zero-order valence-electron chi connectivity index (χ0n) is 12.8. The summed E-state index contributed by atoms with van der Waals surface area (Å²) in [6, 6.07) is 8.68. The molecule has 0 aliphatic carbocycles. The van der Waals surface area contributed by atoms with Gasteiger partial charge in [-0.3, -0.25) is 4.79 Å². The highest BCUT2D eigenvalue weighted by Crippen LogP contribution is 2.28.